The van der Waals surface area contributed by atoms with E-state index >= 15 is 0 Å². The number of hydrogen-bond acceptors (Lipinski definition) is 7. The van der Waals surface area contributed by atoms with E-state index in [4.69, 9.17) is 9.47 Å². The lowest BCUT2D eigenvalue weighted by molar-refractivity contribution is -0.384. The van der Waals surface area contributed by atoms with Crippen LogP contribution in [0.2, 0.25) is 0 Å². The van der Waals surface area contributed by atoms with Crippen molar-refractivity contribution >= 4 is 28.9 Å². The van der Waals surface area contributed by atoms with Gasteiger partial charge in [0.25, 0.3) is 11.6 Å². The zero-order valence-corrected chi connectivity index (χ0v) is 20.4. The van der Waals surface area contributed by atoms with Gasteiger partial charge in [-0.3, -0.25) is 19.7 Å². The lowest BCUT2D eigenvalue weighted by atomic mass is 9.78. The Kier molecular flexibility index (Phi) is 8.64. The summed E-state index contributed by atoms with van der Waals surface area (Å²) in [5.74, 6) is 0.975. The highest BCUT2D eigenvalue weighted by Gasteiger charge is 2.27. The van der Waals surface area contributed by atoms with Crippen molar-refractivity contribution in [3.63, 3.8) is 0 Å². The summed E-state index contributed by atoms with van der Waals surface area (Å²) in [5.41, 5.74) is 0.227. The summed E-state index contributed by atoms with van der Waals surface area (Å²) in [4.78, 5) is 36.5. The van der Waals surface area contributed by atoms with Crippen molar-refractivity contribution in [2.45, 2.75) is 39.2 Å². The molecule has 0 saturated heterocycles. The third-order valence-electron chi connectivity index (χ3n) is 6.62. The third-order valence-corrected chi connectivity index (χ3v) is 6.62. The van der Waals surface area contributed by atoms with Crippen LogP contribution in [0.4, 0.5) is 17.1 Å². The summed E-state index contributed by atoms with van der Waals surface area (Å²) in [6.45, 7) is 4.48. The van der Waals surface area contributed by atoms with Crippen LogP contribution in [0, 0.1) is 22.0 Å². The molecule has 0 aromatic heterocycles. The zero-order chi connectivity index (χ0) is 25.5. The standard InChI is InChI=1S/C25H32N4O6/c1-15-6-5-7-20(16(15)2)26-14-24(30)27-21-10-8-17(29(32)33)12-19(21)25(31)28-22-11-9-18(34-3)13-23(22)35-4/h8-13,15-16,20,26H,5-7,14H2,1-4H3,(H,27,30)(H,28,31)/t15-,16-,20+/m0/s1. The van der Waals surface area contributed by atoms with Gasteiger partial charge in [0.05, 0.1) is 42.6 Å². The summed E-state index contributed by atoms with van der Waals surface area (Å²) in [7, 11) is 2.96. The predicted octanol–water partition coefficient (Wildman–Crippen LogP) is 4.22. The van der Waals surface area contributed by atoms with Gasteiger partial charge in [0.2, 0.25) is 5.91 Å². The van der Waals surface area contributed by atoms with E-state index in [-0.39, 0.29) is 35.4 Å². The minimum atomic E-state index is -0.629. The fourth-order valence-corrected chi connectivity index (χ4v) is 4.32. The molecule has 3 atom stereocenters. The van der Waals surface area contributed by atoms with Crippen molar-refractivity contribution in [1.29, 1.82) is 0 Å². The summed E-state index contributed by atoms with van der Waals surface area (Å²) in [6.07, 6.45) is 3.31. The topological polar surface area (TPSA) is 132 Å². The Bertz CT molecular complexity index is 1090. The van der Waals surface area contributed by atoms with Gasteiger partial charge in [-0.05, 0) is 36.5 Å². The average molecular weight is 485 g/mol. The number of anilines is 2. The molecule has 2 amide bonds. The van der Waals surface area contributed by atoms with Crippen molar-refractivity contribution in [3.05, 3.63) is 52.1 Å². The number of hydrogen-bond donors (Lipinski definition) is 3. The number of methoxy groups -OCH3 is 2. The second-order valence-electron chi connectivity index (χ2n) is 8.81. The van der Waals surface area contributed by atoms with E-state index in [0.29, 0.717) is 29.0 Å². The summed E-state index contributed by atoms with van der Waals surface area (Å²) >= 11 is 0. The third kappa shape index (κ3) is 6.48. The van der Waals surface area contributed by atoms with Crippen molar-refractivity contribution in [2.75, 3.05) is 31.4 Å². The number of nitrogens with zero attached hydrogens (tertiary/aromatic N) is 1. The number of nitro groups is 1. The smallest absolute Gasteiger partial charge is 0.270 e. The lowest BCUT2D eigenvalue weighted by Gasteiger charge is -2.34. The highest BCUT2D eigenvalue weighted by atomic mass is 16.6. The monoisotopic (exact) mass is 484 g/mol. The van der Waals surface area contributed by atoms with Crippen LogP contribution >= 0.6 is 0 Å². The highest BCUT2D eigenvalue weighted by Crippen LogP contribution is 2.31. The molecule has 1 aliphatic carbocycles. The number of carbonyl (C=O) groups excluding carboxylic acids is 2. The van der Waals surface area contributed by atoms with E-state index < -0.39 is 10.8 Å². The van der Waals surface area contributed by atoms with Crippen LogP contribution in [0.5, 0.6) is 11.5 Å². The number of ether oxygens (including phenoxy) is 2. The first-order valence-corrected chi connectivity index (χ1v) is 11.6. The molecule has 35 heavy (non-hydrogen) atoms. The molecule has 0 heterocycles. The van der Waals surface area contributed by atoms with Crippen molar-refractivity contribution in [1.82, 2.24) is 5.32 Å². The number of carbonyl (C=O) groups is 2. The maximum Gasteiger partial charge on any atom is 0.270 e. The molecule has 10 heteroatoms. The van der Waals surface area contributed by atoms with Gasteiger partial charge >= 0.3 is 0 Å². The van der Waals surface area contributed by atoms with E-state index in [1.807, 2.05) is 0 Å². The van der Waals surface area contributed by atoms with Gasteiger partial charge in [0.1, 0.15) is 11.5 Å². The van der Waals surface area contributed by atoms with Gasteiger partial charge in [-0.2, -0.15) is 0 Å². The van der Waals surface area contributed by atoms with E-state index in [9.17, 15) is 19.7 Å². The quantitative estimate of drug-likeness (QED) is 0.359. The Balaban J connectivity index is 1.77. The van der Waals surface area contributed by atoms with E-state index in [1.54, 1.807) is 18.2 Å². The van der Waals surface area contributed by atoms with Crippen LogP contribution in [-0.2, 0) is 4.79 Å². The van der Waals surface area contributed by atoms with Crippen LogP contribution < -0.4 is 25.4 Å². The molecule has 0 aliphatic heterocycles. The van der Waals surface area contributed by atoms with Crippen molar-refractivity contribution in [2.24, 2.45) is 11.8 Å². The van der Waals surface area contributed by atoms with Crippen LogP contribution in [0.3, 0.4) is 0 Å². The molecule has 2 aromatic rings. The molecule has 0 bridgehead atoms. The van der Waals surface area contributed by atoms with E-state index in [0.717, 1.165) is 18.9 Å². The average Bonchev–Trinajstić information content (AvgIpc) is 2.85. The molecule has 188 valence electrons. The van der Waals surface area contributed by atoms with Crippen LogP contribution in [-0.4, -0.2) is 43.5 Å². The number of rotatable bonds is 9. The minimum Gasteiger partial charge on any atom is -0.497 e. The van der Waals surface area contributed by atoms with Gasteiger partial charge in [-0.25, -0.2) is 0 Å². The highest BCUT2D eigenvalue weighted by molar-refractivity contribution is 6.11. The Morgan fingerprint density at radius 1 is 1.03 bits per heavy atom. The van der Waals surface area contributed by atoms with Crippen molar-refractivity contribution in [3.8, 4) is 11.5 Å². The Hall–Kier alpha value is -3.66. The van der Waals surface area contributed by atoms with Gasteiger partial charge in [0.15, 0.2) is 0 Å². The lowest BCUT2D eigenvalue weighted by Crippen LogP contribution is -2.43. The normalized spacial score (nSPS) is 19.5. The molecule has 1 saturated carbocycles. The molecule has 0 spiro atoms. The van der Waals surface area contributed by atoms with Crippen molar-refractivity contribution < 1.29 is 24.0 Å². The van der Waals surface area contributed by atoms with Gasteiger partial charge in [-0.1, -0.05) is 26.7 Å². The number of nitro benzene ring substituents is 1. The summed E-state index contributed by atoms with van der Waals surface area (Å²) in [5, 5.41) is 20.0. The first-order valence-electron chi connectivity index (χ1n) is 11.6. The number of nitrogens with one attached hydrogen (secondary N) is 3. The fourth-order valence-electron chi connectivity index (χ4n) is 4.32. The molecule has 1 aliphatic rings. The fraction of sp³-hybridized carbons (Fsp3) is 0.440. The second-order valence-corrected chi connectivity index (χ2v) is 8.81. The number of benzene rings is 2. The number of amides is 2. The Morgan fingerprint density at radius 2 is 1.77 bits per heavy atom. The molecular weight excluding hydrogens is 452 g/mol. The van der Waals surface area contributed by atoms with E-state index in [2.05, 4.69) is 29.8 Å². The summed E-state index contributed by atoms with van der Waals surface area (Å²) in [6, 6.07) is 8.84. The second kappa shape index (κ2) is 11.7. The zero-order valence-electron chi connectivity index (χ0n) is 20.4. The van der Waals surface area contributed by atoms with E-state index in [1.165, 1.54) is 32.8 Å². The van der Waals surface area contributed by atoms with Gasteiger partial charge in [-0.15, -0.1) is 0 Å². The predicted molar refractivity (Wildman–Crippen MR) is 133 cm³/mol. The molecule has 10 nitrogen and oxygen atoms in total. The molecule has 3 N–H and O–H groups in total. The molecule has 2 aromatic carbocycles. The SMILES string of the molecule is COc1ccc(NC(=O)c2cc([N+](=O)[O-])ccc2NC(=O)CN[C@@H]2CCC[C@H](C)[C@@H]2C)c(OC)c1. The van der Waals surface area contributed by atoms with Gasteiger partial charge in [0, 0.05) is 24.2 Å². The molecule has 0 radical (unpaired) electrons. The molecule has 1 fully saturated rings. The van der Waals surface area contributed by atoms with Gasteiger partial charge < -0.3 is 25.4 Å². The maximum atomic E-state index is 13.1. The largest absolute Gasteiger partial charge is 0.497 e. The minimum absolute atomic E-state index is 0.0370. The molecular formula is C25H32N4O6. The van der Waals surface area contributed by atoms with Crippen LogP contribution in [0.1, 0.15) is 43.5 Å². The maximum absolute atomic E-state index is 13.1. The van der Waals surface area contributed by atoms with Crippen LogP contribution in [0.25, 0.3) is 0 Å². The first-order chi connectivity index (χ1) is 16.7. The summed E-state index contributed by atoms with van der Waals surface area (Å²) < 4.78 is 10.5. The molecule has 0 unspecified atom stereocenters. The number of non-ortho nitro benzene ring substituents is 1. The first kappa shape index (κ1) is 26.0. The van der Waals surface area contributed by atoms with Crippen LogP contribution in [0.15, 0.2) is 36.4 Å². The molecule has 3 rings (SSSR count). The Labute approximate surface area is 204 Å². The Morgan fingerprint density at radius 3 is 2.46 bits per heavy atom.